The van der Waals surface area contributed by atoms with Gasteiger partial charge in [0.1, 0.15) is 0 Å². The molecule has 1 aliphatic heterocycles. The van der Waals surface area contributed by atoms with Crippen LogP contribution in [0.15, 0.2) is 52.3 Å². The fourth-order valence-corrected chi connectivity index (χ4v) is 4.21. The second-order valence-electron chi connectivity index (χ2n) is 5.24. The third-order valence-corrected chi connectivity index (χ3v) is 5.11. The lowest BCUT2D eigenvalue weighted by molar-refractivity contribution is 0.0527. The molecular weight excluding hydrogens is 294 g/mol. The van der Waals surface area contributed by atoms with Crippen molar-refractivity contribution in [3.63, 3.8) is 0 Å². The molecule has 0 N–H and O–H groups in total. The Morgan fingerprint density at radius 2 is 1.91 bits per heavy atom. The molecule has 0 fully saturated rings. The predicted molar refractivity (Wildman–Crippen MR) is 88.1 cm³/mol. The van der Waals surface area contributed by atoms with Gasteiger partial charge in [0.2, 0.25) is 0 Å². The third kappa shape index (κ3) is 1.74. The second kappa shape index (κ2) is 4.92. The number of benzene rings is 2. The summed E-state index contributed by atoms with van der Waals surface area (Å²) >= 11 is 1.75. The average molecular weight is 309 g/mol. The highest BCUT2D eigenvalue weighted by molar-refractivity contribution is 7.99. The molecule has 4 rings (SSSR count). The molecule has 0 saturated carbocycles. The average Bonchev–Trinajstić information content (AvgIpc) is 2.82. The van der Waals surface area contributed by atoms with E-state index in [1.165, 1.54) is 9.79 Å². The van der Waals surface area contributed by atoms with E-state index in [-0.39, 0.29) is 5.97 Å². The van der Waals surface area contributed by atoms with Crippen LogP contribution in [0.25, 0.3) is 16.6 Å². The minimum Gasteiger partial charge on any atom is -0.462 e. The van der Waals surface area contributed by atoms with Crippen molar-refractivity contribution in [3.05, 3.63) is 53.7 Å². The van der Waals surface area contributed by atoms with E-state index in [0.29, 0.717) is 12.2 Å². The zero-order chi connectivity index (χ0) is 15.3. The molecule has 22 heavy (non-hydrogen) atoms. The number of aromatic nitrogens is 1. The van der Waals surface area contributed by atoms with E-state index in [1.54, 1.807) is 11.8 Å². The van der Waals surface area contributed by atoms with Crippen molar-refractivity contribution in [1.29, 1.82) is 0 Å². The zero-order valence-corrected chi connectivity index (χ0v) is 13.2. The number of rotatable bonds is 2. The van der Waals surface area contributed by atoms with Crippen molar-refractivity contribution in [3.8, 4) is 5.69 Å². The summed E-state index contributed by atoms with van der Waals surface area (Å²) in [7, 11) is 0. The monoisotopic (exact) mass is 309 g/mol. The molecule has 110 valence electrons. The summed E-state index contributed by atoms with van der Waals surface area (Å²) in [5.74, 6) is -0.245. The zero-order valence-electron chi connectivity index (χ0n) is 12.4. The van der Waals surface area contributed by atoms with Gasteiger partial charge in [-0.3, -0.25) is 0 Å². The molecule has 0 spiro atoms. The topological polar surface area (TPSA) is 31.2 Å². The van der Waals surface area contributed by atoms with Gasteiger partial charge in [0.25, 0.3) is 0 Å². The van der Waals surface area contributed by atoms with E-state index in [4.69, 9.17) is 4.74 Å². The Morgan fingerprint density at radius 1 is 1.14 bits per heavy atom. The molecule has 0 aliphatic carbocycles. The van der Waals surface area contributed by atoms with Gasteiger partial charge in [-0.15, -0.1) is 0 Å². The lowest BCUT2D eigenvalue weighted by Gasteiger charge is -2.20. The van der Waals surface area contributed by atoms with Crippen LogP contribution in [0.2, 0.25) is 0 Å². The standard InChI is InChI=1S/C18H15NO2S/c1-3-21-18(20)16-11(2)19-13-8-4-5-9-14(13)22-15-10-6-7-12(16)17(15)19/h4-10H,3H2,1-2H3. The number of hydrogen-bond donors (Lipinski definition) is 0. The normalized spacial score (nSPS) is 12.3. The maximum atomic E-state index is 12.4. The van der Waals surface area contributed by atoms with Gasteiger partial charge in [-0.1, -0.05) is 36.0 Å². The molecule has 1 aromatic heterocycles. The van der Waals surface area contributed by atoms with Gasteiger partial charge in [-0.2, -0.15) is 0 Å². The molecule has 3 aromatic rings. The van der Waals surface area contributed by atoms with Crippen molar-refractivity contribution < 1.29 is 9.53 Å². The number of fused-ring (bicyclic) bond motifs is 2. The van der Waals surface area contributed by atoms with Crippen molar-refractivity contribution in [2.24, 2.45) is 0 Å². The summed E-state index contributed by atoms with van der Waals surface area (Å²) in [6.07, 6.45) is 0. The predicted octanol–water partition coefficient (Wildman–Crippen LogP) is 4.58. The highest BCUT2D eigenvalue weighted by Gasteiger charge is 2.27. The third-order valence-electron chi connectivity index (χ3n) is 3.99. The molecule has 0 radical (unpaired) electrons. The first-order valence-electron chi connectivity index (χ1n) is 7.30. The Morgan fingerprint density at radius 3 is 2.73 bits per heavy atom. The minimum atomic E-state index is -0.245. The van der Waals surface area contributed by atoms with Crippen LogP contribution < -0.4 is 0 Å². The van der Waals surface area contributed by atoms with E-state index < -0.39 is 0 Å². The largest absolute Gasteiger partial charge is 0.462 e. The van der Waals surface area contributed by atoms with E-state index >= 15 is 0 Å². The lowest BCUT2D eigenvalue weighted by atomic mass is 10.1. The van der Waals surface area contributed by atoms with Gasteiger partial charge >= 0.3 is 5.97 Å². The summed E-state index contributed by atoms with van der Waals surface area (Å²) in [4.78, 5) is 14.8. The first kappa shape index (κ1) is 13.5. The quantitative estimate of drug-likeness (QED) is 0.508. The first-order chi connectivity index (χ1) is 10.7. The molecule has 4 heteroatoms. The molecule has 1 aliphatic rings. The lowest BCUT2D eigenvalue weighted by Crippen LogP contribution is -2.07. The molecule has 2 heterocycles. The van der Waals surface area contributed by atoms with Gasteiger partial charge in [-0.25, -0.2) is 4.79 Å². The van der Waals surface area contributed by atoms with Crippen molar-refractivity contribution in [1.82, 2.24) is 4.57 Å². The molecular formula is C18H15NO2S. The fourth-order valence-electron chi connectivity index (χ4n) is 3.12. The molecule has 0 bridgehead atoms. The fraction of sp³-hybridized carbons (Fsp3) is 0.167. The number of carbonyl (C=O) groups is 1. The van der Waals surface area contributed by atoms with Crippen molar-refractivity contribution in [2.75, 3.05) is 6.61 Å². The highest BCUT2D eigenvalue weighted by Crippen LogP contribution is 2.45. The van der Waals surface area contributed by atoms with Crippen LogP contribution in [0.1, 0.15) is 23.0 Å². The first-order valence-corrected chi connectivity index (χ1v) is 8.12. The van der Waals surface area contributed by atoms with Crippen LogP contribution in [0, 0.1) is 6.92 Å². The van der Waals surface area contributed by atoms with E-state index in [1.807, 2.05) is 38.1 Å². The Bertz CT molecular complexity index is 911. The molecule has 0 amide bonds. The Kier molecular flexibility index (Phi) is 3.01. The maximum absolute atomic E-state index is 12.4. The van der Waals surface area contributed by atoms with Crippen molar-refractivity contribution in [2.45, 2.75) is 23.6 Å². The number of ether oxygens (including phenoxy) is 1. The van der Waals surface area contributed by atoms with Gasteiger partial charge in [-0.05, 0) is 32.0 Å². The van der Waals surface area contributed by atoms with Gasteiger partial charge in [0.05, 0.1) is 23.4 Å². The highest BCUT2D eigenvalue weighted by atomic mass is 32.2. The molecule has 0 unspecified atom stereocenters. The van der Waals surface area contributed by atoms with Crippen LogP contribution in [0.5, 0.6) is 0 Å². The Hall–Kier alpha value is -2.20. The number of nitrogens with zero attached hydrogens (tertiary/aromatic N) is 1. The van der Waals surface area contributed by atoms with Gasteiger partial charge in [0, 0.05) is 20.9 Å². The maximum Gasteiger partial charge on any atom is 0.340 e. The van der Waals surface area contributed by atoms with Gasteiger partial charge in [0.15, 0.2) is 0 Å². The van der Waals surface area contributed by atoms with Crippen LogP contribution in [0.4, 0.5) is 0 Å². The number of para-hydroxylation sites is 2. The van der Waals surface area contributed by atoms with Crippen LogP contribution >= 0.6 is 11.8 Å². The Labute approximate surface area is 132 Å². The SMILES string of the molecule is CCOC(=O)c1c(C)n2c3c(cccc13)Sc1ccccc1-2. The van der Waals surface area contributed by atoms with Crippen LogP contribution in [0.3, 0.4) is 0 Å². The van der Waals surface area contributed by atoms with E-state index in [2.05, 4.69) is 22.8 Å². The number of esters is 1. The molecule has 0 saturated heterocycles. The van der Waals surface area contributed by atoms with E-state index in [9.17, 15) is 4.79 Å². The summed E-state index contributed by atoms with van der Waals surface area (Å²) in [6.45, 7) is 4.21. The number of carbonyl (C=O) groups excluding carboxylic acids is 1. The minimum absolute atomic E-state index is 0.245. The van der Waals surface area contributed by atoms with Gasteiger partial charge < -0.3 is 9.30 Å². The smallest absolute Gasteiger partial charge is 0.340 e. The number of hydrogen-bond acceptors (Lipinski definition) is 3. The Balaban J connectivity index is 2.11. The molecule has 0 atom stereocenters. The van der Waals surface area contributed by atoms with E-state index in [0.717, 1.165) is 22.3 Å². The summed E-state index contributed by atoms with van der Waals surface area (Å²) in [5, 5.41) is 0.968. The summed E-state index contributed by atoms with van der Waals surface area (Å²) in [5.41, 5.74) is 3.85. The van der Waals surface area contributed by atoms with Crippen molar-refractivity contribution >= 4 is 28.6 Å². The molecule has 3 nitrogen and oxygen atoms in total. The second-order valence-corrected chi connectivity index (χ2v) is 6.32. The summed E-state index contributed by atoms with van der Waals surface area (Å²) in [6, 6.07) is 14.4. The van der Waals surface area contributed by atoms with Crippen LogP contribution in [-0.4, -0.2) is 17.1 Å². The summed E-state index contributed by atoms with van der Waals surface area (Å²) < 4.78 is 7.45. The van der Waals surface area contributed by atoms with Crippen LogP contribution in [-0.2, 0) is 4.74 Å². The molecule has 2 aromatic carbocycles.